The molecule has 0 N–H and O–H groups in total. The van der Waals surface area contributed by atoms with Gasteiger partial charge < -0.3 is 0 Å². The van der Waals surface area contributed by atoms with Crippen molar-refractivity contribution in [2.75, 3.05) is 11.5 Å². The van der Waals surface area contributed by atoms with E-state index < -0.39 is 0 Å². The zero-order valence-electron chi connectivity index (χ0n) is 7.55. The van der Waals surface area contributed by atoms with E-state index in [1.165, 1.54) is 22.6 Å². The summed E-state index contributed by atoms with van der Waals surface area (Å²) in [6, 6.07) is 9.81. The van der Waals surface area contributed by atoms with E-state index in [0.717, 1.165) is 0 Å². The standard InChI is InChI=1S/C11H13S/c1-9-3-5-10(6-4-9)11(2)7-12-8-11/h3,5-6H,7-8H2,1-2H3. The molecule has 0 unspecified atom stereocenters. The lowest BCUT2D eigenvalue weighted by molar-refractivity contribution is 0.580. The molecular formula is C11H13S. The SMILES string of the molecule is Cc1[c]cc(C2(C)CSC2)cc1. The van der Waals surface area contributed by atoms with Gasteiger partial charge in [-0.05, 0) is 24.1 Å². The van der Waals surface area contributed by atoms with Gasteiger partial charge in [0, 0.05) is 16.9 Å². The highest BCUT2D eigenvalue weighted by Crippen LogP contribution is 2.40. The van der Waals surface area contributed by atoms with E-state index >= 15 is 0 Å². The zero-order valence-corrected chi connectivity index (χ0v) is 8.37. The Balaban J connectivity index is 2.28. The predicted octanol–water partition coefficient (Wildman–Crippen LogP) is 2.80. The molecule has 2 rings (SSSR count). The molecule has 1 aromatic carbocycles. The van der Waals surface area contributed by atoms with E-state index in [0.29, 0.717) is 5.41 Å². The highest BCUT2D eigenvalue weighted by molar-refractivity contribution is 8.00. The second-order valence-corrected chi connectivity index (χ2v) is 4.80. The Kier molecular flexibility index (Phi) is 1.91. The van der Waals surface area contributed by atoms with E-state index in [1.807, 2.05) is 11.8 Å². The normalized spacial score (nSPS) is 20.2. The van der Waals surface area contributed by atoms with Crippen LogP contribution in [0.3, 0.4) is 0 Å². The van der Waals surface area contributed by atoms with Crippen LogP contribution in [-0.4, -0.2) is 11.5 Å². The van der Waals surface area contributed by atoms with Crippen LogP contribution in [-0.2, 0) is 5.41 Å². The molecule has 0 aromatic heterocycles. The molecule has 0 nitrogen and oxygen atoms in total. The predicted molar refractivity (Wildman–Crippen MR) is 54.7 cm³/mol. The number of rotatable bonds is 1. The van der Waals surface area contributed by atoms with Crippen molar-refractivity contribution in [2.24, 2.45) is 0 Å². The molecule has 12 heavy (non-hydrogen) atoms. The van der Waals surface area contributed by atoms with E-state index in [9.17, 15) is 0 Å². The molecule has 0 saturated carbocycles. The molecule has 0 atom stereocenters. The van der Waals surface area contributed by atoms with Crippen LogP contribution >= 0.6 is 11.8 Å². The van der Waals surface area contributed by atoms with Crippen molar-refractivity contribution in [3.05, 3.63) is 35.4 Å². The van der Waals surface area contributed by atoms with E-state index in [1.54, 1.807) is 0 Å². The maximum Gasteiger partial charge on any atom is 0.0106 e. The summed E-state index contributed by atoms with van der Waals surface area (Å²) >= 11 is 2.03. The van der Waals surface area contributed by atoms with Gasteiger partial charge in [-0.15, -0.1) is 0 Å². The summed E-state index contributed by atoms with van der Waals surface area (Å²) in [4.78, 5) is 0. The van der Waals surface area contributed by atoms with Crippen molar-refractivity contribution in [3.63, 3.8) is 0 Å². The molecule has 0 amide bonds. The average molecular weight is 177 g/mol. The first-order valence-electron chi connectivity index (χ1n) is 4.27. The van der Waals surface area contributed by atoms with Crippen LogP contribution in [0.4, 0.5) is 0 Å². The zero-order chi connectivity index (χ0) is 8.60. The van der Waals surface area contributed by atoms with Gasteiger partial charge in [-0.3, -0.25) is 0 Å². The summed E-state index contributed by atoms with van der Waals surface area (Å²) in [6.07, 6.45) is 0. The Hall–Kier alpha value is -0.430. The Bertz CT molecular complexity index is 270. The molecule has 1 aliphatic heterocycles. The summed E-state index contributed by atoms with van der Waals surface area (Å²) < 4.78 is 0. The van der Waals surface area contributed by atoms with Crippen LogP contribution in [0, 0.1) is 13.0 Å². The van der Waals surface area contributed by atoms with Crippen LogP contribution < -0.4 is 0 Å². The van der Waals surface area contributed by atoms with Gasteiger partial charge in [0.25, 0.3) is 0 Å². The van der Waals surface area contributed by atoms with Crippen molar-refractivity contribution in [2.45, 2.75) is 19.3 Å². The van der Waals surface area contributed by atoms with Gasteiger partial charge >= 0.3 is 0 Å². The molecule has 0 spiro atoms. The lowest BCUT2D eigenvalue weighted by atomic mass is 9.85. The quantitative estimate of drug-likeness (QED) is 0.635. The fourth-order valence-electron chi connectivity index (χ4n) is 1.45. The van der Waals surface area contributed by atoms with Crippen LogP contribution in [0.1, 0.15) is 18.1 Å². The van der Waals surface area contributed by atoms with Crippen LogP contribution in [0.5, 0.6) is 0 Å². The van der Waals surface area contributed by atoms with Gasteiger partial charge in [-0.1, -0.05) is 25.1 Å². The molecule has 1 heterocycles. The fraction of sp³-hybridized carbons (Fsp3) is 0.455. The first-order chi connectivity index (χ1) is 5.71. The third kappa shape index (κ3) is 1.27. The highest BCUT2D eigenvalue weighted by atomic mass is 32.2. The van der Waals surface area contributed by atoms with Gasteiger partial charge in [0.15, 0.2) is 0 Å². The van der Waals surface area contributed by atoms with Crippen molar-refractivity contribution >= 4 is 11.8 Å². The minimum atomic E-state index is 0.439. The van der Waals surface area contributed by atoms with Gasteiger partial charge in [-0.2, -0.15) is 11.8 Å². The largest absolute Gasteiger partial charge is 0.160 e. The molecule has 1 fully saturated rings. The minimum Gasteiger partial charge on any atom is -0.160 e. The Morgan fingerprint density at radius 3 is 2.58 bits per heavy atom. The average Bonchev–Trinajstić information content (AvgIpc) is 2.02. The fourth-order valence-corrected chi connectivity index (χ4v) is 2.60. The number of aryl methyl sites for hydroxylation is 1. The van der Waals surface area contributed by atoms with Crippen molar-refractivity contribution in [1.82, 2.24) is 0 Å². The second kappa shape index (κ2) is 2.81. The first kappa shape index (κ1) is 8.18. The topological polar surface area (TPSA) is 0 Å². The first-order valence-corrected chi connectivity index (χ1v) is 5.43. The smallest absolute Gasteiger partial charge is 0.0106 e. The monoisotopic (exact) mass is 177 g/mol. The molecular weight excluding hydrogens is 164 g/mol. The number of hydrogen-bond acceptors (Lipinski definition) is 1. The van der Waals surface area contributed by atoms with Crippen LogP contribution in [0.15, 0.2) is 18.2 Å². The molecule has 1 aromatic rings. The molecule has 63 valence electrons. The van der Waals surface area contributed by atoms with E-state index in [4.69, 9.17) is 0 Å². The molecule has 1 heteroatoms. The second-order valence-electron chi connectivity index (χ2n) is 3.81. The van der Waals surface area contributed by atoms with Crippen molar-refractivity contribution in [3.8, 4) is 0 Å². The van der Waals surface area contributed by atoms with E-state index in [2.05, 4.69) is 38.1 Å². The van der Waals surface area contributed by atoms with Crippen LogP contribution in [0.2, 0.25) is 0 Å². The molecule has 0 bridgehead atoms. The summed E-state index contributed by atoms with van der Waals surface area (Å²) in [6.45, 7) is 4.42. The molecule has 1 aliphatic rings. The van der Waals surface area contributed by atoms with Gasteiger partial charge in [0.2, 0.25) is 0 Å². The lowest BCUT2D eigenvalue weighted by Crippen LogP contribution is -2.36. The van der Waals surface area contributed by atoms with Crippen molar-refractivity contribution < 1.29 is 0 Å². The van der Waals surface area contributed by atoms with Crippen molar-refractivity contribution in [1.29, 1.82) is 0 Å². The Morgan fingerprint density at radius 1 is 1.42 bits per heavy atom. The Morgan fingerprint density at radius 2 is 2.17 bits per heavy atom. The van der Waals surface area contributed by atoms with Crippen LogP contribution in [0.25, 0.3) is 0 Å². The number of benzene rings is 1. The lowest BCUT2D eigenvalue weighted by Gasteiger charge is -2.38. The van der Waals surface area contributed by atoms with Gasteiger partial charge in [0.1, 0.15) is 0 Å². The summed E-state index contributed by atoms with van der Waals surface area (Å²) in [5.41, 5.74) is 3.12. The minimum absolute atomic E-state index is 0.439. The number of hydrogen-bond donors (Lipinski definition) is 0. The molecule has 0 aliphatic carbocycles. The molecule has 1 saturated heterocycles. The third-order valence-corrected chi connectivity index (χ3v) is 4.19. The number of thioether (sulfide) groups is 1. The summed E-state index contributed by atoms with van der Waals surface area (Å²) in [5, 5.41) is 0. The molecule has 1 radical (unpaired) electrons. The van der Waals surface area contributed by atoms with Gasteiger partial charge in [0.05, 0.1) is 0 Å². The Labute approximate surface area is 78.4 Å². The van der Waals surface area contributed by atoms with Gasteiger partial charge in [-0.25, -0.2) is 0 Å². The maximum absolute atomic E-state index is 3.26. The maximum atomic E-state index is 3.26. The highest BCUT2D eigenvalue weighted by Gasteiger charge is 2.34. The third-order valence-electron chi connectivity index (χ3n) is 2.51. The summed E-state index contributed by atoms with van der Waals surface area (Å²) in [5.74, 6) is 2.54. The summed E-state index contributed by atoms with van der Waals surface area (Å²) in [7, 11) is 0. The van der Waals surface area contributed by atoms with E-state index in [-0.39, 0.29) is 0 Å².